The Morgan fingerprint density at radius 2 is 1.18 bits per heavy atom. The molecular formula is C47H54N2O19S5. The molecule has 0 radical (unpaired) electrons. The molecule has 4 aromatic rings. The fraction of sp³-hybridized carbons (Fsp3) is 0.383. The van der Waals surface area contributed by atoms with Gasteiger partial charge in [-0.05, 0) is 112 Å². The molecule has 1 unspecified atom stereocenters. The number of unbranched alkanes of at least 4 members (excludes halogenated alkanes) is 4. The van der Waals surface area contributed by atoms with Gasteiger partial charge in [0.05, 0.1) is 21.0 Å². The molecule has 6 N–H and O–H groups in total. The topological polar surface area (TPSA) is 356 Å². The highest BCUT2D eigenvalue weighted by Gasteiger charge is 2.47. The lowest BCUT2D eigenvalue weighted by molar-refractivity contribution is -0.438. The quantitative estimate of drug-likeness (QED) is 0.0194. The van der Waals surface area contributed by atoms with Gasteiger partial charge in [-0.2, -0.15) is 38.2 Å². The van der Waals surface area contributed by atoms with Crippen molar-refractivity contribution in [3.8, 4) is 0 Å². The number of fused-ring (bicyclic) bond motifs is 6. The second-order valence-electron chi connectivity index (χ2n) is 18.6. The molecule has 4 aromatic carbocycles. The standard InChI is InChI=1S/C47H54N2O19S5/c1-46(2)40(48(23-12-6-10-17-43(52)53)36-20-18-32-34(44(36)46)26-30(70(57,58)59)28-38(32)72(63,64)65)14-7-4-8-15-41-47(3,22-11-5-9-16-42(50)51)45-35-27-31(71(60,61)62)29-39(73(66,67)68)33(35)19-21-37(45)49(41)24-13-25-69(54,55)56/h4,7-8,14-15,18-21,26-29H,5-6,9-13,16-17,22-25H2,1-3H3,(H6-,50,51,52,53,54,55,56,57,58,59,60,61,62,63,64,65,66,67,68). The van der Waals surface area contributed by atoms with E-state index in [-0.39, 0.29) is 60.2 Å². The van der Waals surface area contributed by atoms with Crippen molar-refractivity contribution in [1.29, 1.82) is 0 Å². The van der Waals surface area contributed by atoms with E-state index in [0.29, 0.717) is 84.7 Å². The lowest BCUT2D eigenvalue weighted by atomic mass is 9.75. The van der Waals surface area contributed by atoms with Crippen molar-refractivity contribution in [2.75, 3.05) is 23.7 Å². The molecular weight excluding hydrogens is 1060 g/mol. The van der Waals surface area contributed by atoms with Crippen LogP contribution in [0.15, 0.2) is 104 Å². The highest BCUT2D eigenvalue weighted by molar-refractivity contribution is 7.87. The molecule has 0 spiro atoms. The van der Waals surface area contributed by atoms with E-state index in [4.69, 9.17) is 0 Å². The molecule has 6 rings (SSSR count). The van der Waals surface area contributed by atoms with Crippen molar-refractivity contribution in [3.63, 3.8) is 0 Å². The highest BCUT2D eigenvalue weighted by Crippen LogP contribution is 2.54. The first kappa shape index (κ1) is 56.9. The predicted molar refractivity (Wildman–Crippen MR) is 267 cm³/mol. The second kappa shape index (κ2) is 21.1. The molecule has 396 valence electrons. The van der Waals surface area contributed by atoms with Crippen LogP contribution in [0.2, 0.25) is 0 Å². The summed E-state index contributed by atoms with van der Waals surface area (Å²) in [7, 11) is -25.0. The van der Waals surface area contributed by atoms with Gasteiger partial charge in [-0.15, -0.1) is 0 Å². The number of rotatable bonds is 23. The van der Waals surface area contributed by atoms with Gasteiger partial charge < -0.3 is 19.7 Å². The van der Waals surface area contributed by atoms with Gasteiger partial charge in [0.1, 0.15) is 26.5 Å². The molecule has 73 heavy (non-hydrogen) atoms. The fourth-order valence-electron chi connectivity index (χ4n) is 10.0. The zero-order chi connectivity index (χ0) is 54.3. The van der Waals surface area contributed by atoms with Crippen LogP contribution in [-0.4, -0.2) is 116 Å². The SMILES string of the molecule is CC1(C)C(/C=C/C=C/C=C2\N(CCCS(=O)(=O)O)c3ccc4c(S(=O)(=O)O)cc(S(=O)(=O)O)cc4c3C2(C)CCCCCC(=O)O)=[N+](CCCCCC(=O)O)c2ccc3c(S(=O)(=O)O)cc(S(=O)(=O)[O-])cc3c21. The Labute approximate surface area is 423 Å². The molecule has 1 atom stereocenters. The average molecular weight is 1110 g/mol. The Kier molecular flexibility index (Phi) is 16.4. The summed E-state index contributed by atoms with van der Waals surface area (Å²) in [5, 5.41) is 18.4. The van der Waals surface area contributed by atoms with Crippen LogP contribution < -0.4 is 4.90 Å². The van der Waals surface area contributed by atoms with Crippen LogP contribution in [0.5, 0.6) is 0 Å². The van der Waals surface area contributed by atoms with E-state index in [9.17, 15) is 84.7 Å². The van der Waals surface area contributed by atoms with Gasteiger partial charge in [0.2, 0.25) is 5.69 Å². The first-order valence-corrected chi connectivity index (χ1v) is 30.0. The van der Waals surface area contributed by atoms with E-state index in [2.05, 4.69) is 0 Å². The minimum atomic E-state index is -5.25. The highest BCUT2D eigenvalue weighted by atomic mass is 32.2. The van der Waals surface area contributed by atoms with Crippen LogP contribution in [-0.2, 0) is 71.0 Å². The van der Waals surface area contributed by atoms with Crippen molar-refractivity contribution < 1.29 is 89.2 Å². The first-order valence-electron chi connectivity index (χ1n) is 22.7. The van der Waals surface area contributed by atoms with Crippen molar-refractivity contribution in [2.24, 2.45) is 0 Å². The third-order valence-corrected chi connectivity index (χ3v) is 17.4. The van der Waals surface area contributed by atoms with Gasteiger partial charge in [0, 0.05) is 71.1 Å². The summed E-state index contributed by atoms with van der Waals surface area (Å²) in [6, 6.07) is 9.12. The molecule has 0 bridgehead atoms. The van der Waals surface area contributed by atoms with E-state index < -0.39 is 98.7 Å². The van der Waals surface area contributed by atoms with Gasteiger partial charge in [-0.3, -0.25) is 27.8 Å². The van der Waals surface area contributed by atoms with Crippen molar-refractivity contribution in [3.05, 3.63) is 95.7 Å². The van der Waals surface area contributed by atoms with Crippen LogP contribution in [0.25, 0.3) is 21.5 Å². The molecule has 2 heterocycles. The molecule has 21 nitrogen and oxygen atoms in total. The Hall–Kier alpha value is -5.42. The third kappa shape index (κ3) is 12.6. The summed E-state index contributed by atoms with van der Waals surface area (Å²) in [5.41, 5.74) is 0.396. The number of anilines is 1. The predicted octanol–water partition coefficient (Wildman–Crippen LogP) is 6.75. The Morgan fingerprint density at radius 1 is 0.630 bits per heavy atom. The number of carbonyl (C=O) groups is 2. The minimum Gasteiger partial charge on any atom is -0.744 e. The number of aliphatic carboxylic acids is 2. The minimum absolute atomic E-state index is 0.000900. The van der Waals surface area contributed by atoms with E-state index in [1.165, 1.54) is 18.2 Å². The number of carboxylic acids is 2. The van der Waals surface area contributed by atoms with Gasteiger partial charge in [0.25, 0.3) is 40.5 Å². The fourth-order valence-corrected chi connectivity index (χ4v) is 13.2. The number of carboxylic acid groups (broad SMARTS) is 2. The van der Waals surface area contributed by atoms with Crippen LogP contribution in [0.4, 0.5) is 11.4 Å². The number of nitrogens with zero attached hydrogens (tertiary/aromatic N) is 2. The van der Waals surface area contributed by atoms with E-state index in [1.54, 1.807) is 62.1 Å². The van der Waals surface area contributed by atoms with E-state index >= 15 is 0 Å². The number of benzene rings is 4. The molecule has 0 saturated heterocycles. The molecule has 0 aromatic heterocycles. The monoisotopic (exact) mass is 1110 g/mol. The van der Waals surface area contributed by atoms with Crippen LogP contribution in [0.1, 0.15) is 96.1 Å². The van der Waals surface area contributed by atoms with Gasteiger partial charge in [0.15, 0.2) is 5.71 Å². The van der Waals surface area contributed by atoms with Crippen molar-refractivity contribution >= 4 is 101 Å². The molecule has 2 aliphatic rings. The maximum Gasteiger partial charge on any atom is 0.303 e. The summed E-state index contributed by atoms with van der Waals surface area (Å²) in [6.45, 7) is 5.55. The first-order chi connectivity index (χ1) is 33.7. The molecule has 0 saturated carbocycles. The summed E-state index contributed by atoms with van der Waals surface area (Å²) in [4.78, 5) is 21.0. The Bertz CT molecular complexity index is 3640. The summed E-state index contributed by atoms with van der Waals surface area (Å²) in [5.74, 6) is -2.66. The number of hydrogen-bond donors (Lipinski definition) is 6. The van der Waals surface area contributed by atoms with Gasteiger partial charge >= 0.3 is 11.9 Å². The smallest absolute Gasteiger partial charge is 0.303 e. The Morgan fingerprint density at radius 3 is 1.73 bits per heavy atom. The molecule has 0 aliphatic carbocycles. The molecule has 26 heteroatoms. The van der Waals surface area contributed by atoms with E-state index in [0.717, 1.165) is 12.1 Å². The molecule has 0 fully saturated rings. The normalized spacial score (nSPS) is 18.0. The summed E-state index contributed by atoms with van der Waals surface area (Å²) in [6.07, 6.45) is 10.5. The van der Waals surface area contributed by atoms with Crippen LogP contribution >= 0.6 is 0 Å². The zero-order valence-electron chi connectivity index (χ0n) is 39.6. The summed E-state index contributed by atoms with van der Waals surface area (Å²) < 4.78 is 179. The van der Waals surface area contributed by atoms with Crippen molar-refractivity contribution in [1.82, 2.24) is 0 Å². The van der Waals surface area contributed by atoms with Gasteiger partial charge in [-0.25, -0.2) is 8.42 Å². The third-order valence-electron chi connectivity index (χ3n) is 13.1. The zero-order valence-corrected chi connectivity index (χ0v) is 43.7. The number of hydrogen-bond acceptors (Lipinski definition) is 14. The van der Waals surface area contributed by atoms with Gasteiger partial charge in [-0.1, -0.05) is 37.1 Å². The average Bonchev–Trinajstić information content (AvgIpc) is 3.62. The van der Waals surface area contributed by atoms with Crippen LogP contribution in [0, 0.1) is 0 Å². The van der Waals surface area contributed by atoms with Crippen molar-refractivity contribution in [2.45, 2.75) is 115 Å². The lowest BCUT2D eigenvalue weighted by Crippen LogP contribution is -2.30. The maximum atomic E-state index is 12.8. The maximum absolute atomic E-state index is 12.8. The molecule has 2 aliphatic heterocycles. The largest absolute Gasteiger partial charge is 0.744 e. The van der Waals surface area contributed by atoms with Crippen LogP contribution in [0.3, 0.4) is 0 Å². The summed E-state index contributed by atoms with van der Waals surface area (Å²) >= 11 is 0. The second-order valence-corrected chi connectivity index (χ2v) is 25.7. The van der Waals surface area contributed by atoms with E-state index in [1.807, 2.05) is 4.58 Å². The number of allylic oxidation sites excluding steroid dienone is 6. The lowest BCUT2D eigenvalue weighted by Gasteiger charge is -2.31. The Balaban J connectivity index is 1.53. The molecule has 0 amide bonds.